The van der Waals surface area contributed by atoms with Gasteiger partial charge in [0.05, 0.1) is 5.75 Å². The van der Waals surface area contributed by atoms with Gasteiger partial charge in [-0.1, -0.05) is 42.2 Å². The smallest absolute Gasteiger partial charge is 0.317 e. The molecule has 0 spiro atoms. The van der Waals surface area contributed by atoms with Crippen LogP contribution < -0.4 is 10.7 Å². The van der Waals surface area contributed by atoms with E-state index in [1.165, 1.54) is 0 Å². The first-order valence-corrected chi connectivity index (χ1v) is 7.05. The van der Waals surface area contributed by atoms with Crippen molar-refractivity contribution in [1.82, 2.24) is 10.4 Å². The highest BCUT2D eigenvalue weighted by molar-refractivity contribution is 8.23. The summed E-state index contributed by atoms with van der Waals surface area (Å²) in [5.74, 6) is -1.98. The Morgan fingerprint density at radius 3 is 2.60 bits per heavy atom. The number of rotatable bonds is 2. The molecular weight excluding hydrogens is 298 g/mol. The van der Waals surface area contributed by atoms with E-state index in [0.29, 0.717) is 5.69 Å². The summed E-state index contributed by atoms with van der Waals surface area (Å²) >= 11 is 6.03. The lowest BCUT2D eigenvalue weighted by Crippen LogP contribution is -2.49. The molecule has 2 rings (SSSR count). The van der Waals surface area contributed by atoms with Crippen LogP contribution in [0.2, 0.25) is 0 Å². The normalized spacial score (nSPS) is 14.3. The van der Waals surface area contributed by atoms with E-state index in [-0.39, 0.29) is 16.0 Å². The van der Waals surface area contributed by atoms with Crippen molar-refractivity contribution in [3.63, 3.8) is 0 Å². The van der Waals surface area contributed by atoms with Gasteiger partial charge in [0.1, 0.15) is 0 Å². The molecule has 0 aliphatic carbocycles. The number of nitrogens with zero attached hydrogens (tertiary/aromatic N) is 1. The summed E-state index contributed by atoms with van der Waals surface area (Å²) in [6, 6.07) is 7.06. The van der Waals surface area contributed by atoms with Gasteiger partial charge >= 0.3 is 11.8 Å². The molecule has 8 heteroatoms. The van der Waals surface area contributed by atoms with Gasteiger partial charge in [0.2, 0.25) is 0 Å². The second-order valence-electron chi connectivity index (χ2n) is 3.99. The molecular formula is C12H11N3O3S2. The van der Waals surface area contributed by atoms with Crippen LogP contribution in [0, 0.1) is 6.92 Å². The summed E-state index contributed by atoms with van der Waals surface area (Å²) in [5.41, 5.74) is 3.56. The molecule has 1 fully saturated rings. The quantitative estimate of drug-likeness (QED) is 0.625. The standard InChI is InChI=1S/C12H11N3O3S2/c1-7-4-2-3-5-8(7)13-10(17)11(18)14-15-9(16)6-20-12(15)19/h2-5H,6H2,1H3,(H,13,17)(H,14,18). The third kappa shape index (κ3) is 3.14. The van der Waals surface area contributed by atoms with E-state index in [1.807, 2.05) is 19.1 Å². The summed E-state index contributed by atoms with van der Waals surface area (Å²) in [5, 5.41) is 3.39. The molecule has 1 heterocycles. The molecule has 0 saturated carbocycles. The molecule has 6 nitrogen and oxygen atoms in total. The molecule has 1 saturated heterocycles. The zero-order valence-electron chi connectivity index (χ0n) is 10.5. The first kappa shape index (κ1) is 14.5. The number of benzene rings is 1. The number of amides is 3. The lowest BCUT2D eigenvalue weighted by molar-refractivity contribution is -0.141. The van der Waals surface area contributed by atoms with Crippen LogP contribution in [0.3, 0.4) is 0 Å². The number of aryl methyl sites for hydroxylation is 1. The van der Waals surface area contributed by atoms with Gasteiger partial charge in [-0.3, -0.25) is 19.8 Å². The van der Waals surface area contributed by atoms with Crippen molar-refractivity contribution < 1.29 is 14.4 Å². The summed E-state index contributed by atoms with van der Waals surface area (Å²) in [6.07, 6.45) is 0. The van der Waals surface area contributed by atoms with Gasteiger partial charge in [0, 0.05) is 5.69 Å². The molecule has 0 atom stereocenters. The maximum Gasteiger partial charge on any atom is 0.328 e. The molecule has 104 valence electrons. The fourth-order valence-corrected chi connectivity index (χ4v) is 2.48. The van der Waals surface area contributed by atoms with Gasteiger partial charge in [0.25, 0.3) is 5.91 Å². The Balaban J connectivity index is 1.99. The summed E-state index contributed by atoms with van der Waals surface area (Å²) in [4.78, 5) is 34.9. The summed E-state index contributed by atoms with van der Waals surface area (Å²) < 4.78 is 0.229. The Morgan fingerprint density at radius 2 is 2.00 bits per heavy atom. The largest absolute Gasteiger partial charge is 0.328 e. The van der Waals surface area contributed by atoms with E-state index in [1.54, 1.807) is 12.1 Å². The number of hydrogen-bond donors (Lipinski definition) is 2. The number of para-hydroxylation sites is 1. The third-order valence-electron chi connectivity index (χ3n) is 2.56. The molecule has 0 bridgehead atoms. The zero-order chi connectivity index (χ0) is 14.7. The summed E-state index contributed by atoms with van der Waals surface area (Å²) in [6.45, 7) is 1.81. The molecule has 3 amide bonds. The number of anilines is 1. The van der Waals surface area contributed by atoms with E-state index >= 15 is 0 Å². The van der Waals surface area contributed by atoms with Gasteiger partial charge in [-0.2, -0.15) is 0 Å². The van der Waals surface area contributed by atoms with E-state index in [9.17, 15) is 14.4 Å². The van der Waals surface area contributed by atoms with Crippen LogP contribution in [0.4, 0.5) is 5.69 Å². The fraction of sp³-hybridized carbons (Fsp3) is 0.167. The van der Waals surface area contributed by atoms with Gasteiger partial charge < -0.3 is 5.32 Å². The topological polar surface area (TPSA) is 78.5 Å². The van der Waals surface area contributed by atoms with E-state index in [4.69, 9.17) is 12.2 Å². The summed E-state index contributed by atoms with van der Waals surface area (Å²) in [7, 11) is 0. The zero-order valence-corrected chi connectivity index (χ0v) is 12.1. The van der Waals surface area contributed by atoms with Gasteiger partial charge in [-0.05, 0) is 18.6 Å². The van der Waals surface area contributed by atoms with Gasteiger partial charge in [-0.15, -0.1) is 0 Å². The molecule has 0 radical (unpaired) electrons. The van der Waals surface area contributed by atoms with Crippen LogP contribution in [0.5, 0.6) is 0 Å². The highest BCUT2D eigenvalue weighted by atomic mass is 32.2. The van der Waals surface area contributed by atoms with E-state index in [0.717, 1.165) is 22.3 Å². The minimum atomic E-state index is -0.938. The molecule has 2 N–H and O–H groups in total. The number of thioether (sulfide) groups is 1. The van der Waals surface area contributed by atoms with Crippen molar-refractivity contribution in [3.8, 4) is 0 Å². The van der Waals surface area contributed by atoms with Crippen molar-refractivity contribution in [2.24, 2.45) is 0 Å². The predicted octanol–water partition coefficient (Wildman–Crippen LogP) is 0.825. The lowest BCUT2D eigenvalue weighted by Gasteiger charge is -2.15. The average molecular weight is 309 g/mol. The lowest BCUT2D eigenvalue weighted by atomic mass is 10.2. The number of carbonyl (C=O) groups excluding carboxylic acids is 3. The van der Waals surface area contributed by atoms with Crippen molar-refractivity contribution in [2.75, 3.05) is 11.1 Å². The second-order valence-corrected chi connectivity index (χ2v) is 5.60. The Morgan fingerprint density at radius 1 is 1.30 bits per heavy atom. The van der Waals surface area contributed by atoms with Crippen LogP contribution in [-0.2, 0) is 14.4 Å². The molecule has 20 heavy (non-hydrogen) atoms. The van der Waals surface area contributed by atoms with Crippen LogP contribution in [0.1, 0.15) is 5.56 Å². The Labute approximate surface area is 124 Å². The highest BCUT2D eigenvalue weighted by Crippen LogP contribution is 2.17. The molecule has 1 aromatic carbocycles. The number of hydrogen-bond acceptors (Lipinski definition) is 5. The predicted molar refractivity (Wildman–Crippen MR) is 79.9 cm³/mol. The molecule has 0 unspecified atom stereocenters. The molecule has 0 aromatic heterocycles. The maximum absolute atomic E-state index is 11.8. The fourth-order valence-electron chi connectivity index (χ4n) is 1.51. The molecule has 1 aromatic rings. The van der Waals surface area contributed by atoms with E-state index < -0.39 is 11.8 Å². The van der Waals surface area contributed by atoms with Crippen molar-refractivity contribution in [2.45, 2.75) is 6.92 Å². The van der Waals surface area contributed by atoms with Crippen LogP contribution in [0.15, 0.2) is 24.3 Å². The Bertz CT molecular complexity index is 587. The maximum atomic E-state index is 11.8. The van der Waals surface area contributed by atoms with Crippen molar-refractivity contribution >= 4 is 51.7 Å². The number of thiocarbonyl (C=S) groups is 1. The minimum Gasteiger partial charge on any atom is -0.317 e. The van der Waals surface area contributed by atoms with Crippen LogP contribution in [0.25, 0.3) is 0 Å². The number of hydrazine groups is 1. The first-order chi connectivity index (χ1) is 9.49. The second kappa shape index (κ2) is 6.02. The SMILES string of the molecule is Cc1ccccc1NC(=O)C(=O)NN1C(=O)CSC1=S. The highest BCUT2D eigenvalue weighted by Gasteiger charge is 2.30. The van der Waals surface area contributed by atoms with Gasteiger partial charge in [0.15, 0.2) is 4.32 Å². The third-order valence-corrected chi connectivity index (χ3v) is 3.92. The first-order valence-electron chi connectivity index (χ1n) is 5.66. The number of carbonyl (C=O) groups is 3. The van der Waals surface area contributed by atoms with Crippen molar-refractivity contribution in [3.05, 3.63) is 29.8 Å². The molecule has 1 aliphatic rings. The van der Waals surface area contributed by atoms with Gasteiger partial charge in [-0.25, -0.2) is 5.01 Å². The van der Waals surface area contributed by atoms with Crippen molar-refractivity contribution in [1.29, 1.82) is 0 Å². The average Bonchev–Trinajstić information content (AvgIpc) is 2.73. The van der Waals surface area contributed by atoms with Crippen LogP contribution >= 0.6 is 24.0 Å². The van der Waals surface area contributed by atoms with Crippen LogP contribution in [-0.4, -0.2) is 32.8 Å². The Hall–Kier alpha value is -1.93. The van der Waals surface area contributed by atoms with E-state index in [2.05, 4.69) is 10.7 Å². The monoisotopic (exact) mass is 309 g/mol. The molecule has 1 aliphatic heterocycles. The number of nitrogens with one attached hydrogen (secondary N) is 2. The minimum absolute atomic E-state index is 0.165. The Kier molecular flexibility index (Phi) is 4.35.